The van der Waals surface area contributed by atoms with E-state index in [1.54, 1.807) is 6.20 Å². The van der Waals surface area contributed by atoms with Crippen molar-refractivity contribution in [2.24, 2.45) is 0 Å². The minimum absolute atomic E-state index is 0.0888. The van der Waals surface area contributed by atoms with Crippen LogP contribution in [0.3, 0.4) is 0 Å². The van der Waals surface area contributed by atoms with Gasteiger partial charge in [-0.25, -0.2) is 0 Å². The molecule has 0 bridgehead atoms. The van der Waals surface area contributed by atoms with Gasteiger partial charge in [-0.3, -0.25) is 19.2 Å². The van der Waals surface area contributed by atoms with E-state index in [1.165, 1.54) is 6.20 Å². The molecule has 1 unspecified atom stereocenters. The van der Waals surface area contributed by atoms with Gasteiger partial charge in [-0.15, -0.1) is 0 Å². The summed E-state index contributed by atoms with van der Waals surface area (Å²) in [5, 5.41) is 10.9. The van der Waals surface area contributed by atoms with Crippen LogP contribution in [0.4, 0.5) is 13.2 Å². The highest BCUT2D eigenvalue weighted by Crippen LogP contribution is 2.40. The van der Waals surface area contributed by atoms with E-state index in [0.29, 0.717) is 30.7 Å². The molecule has 7 rings (SSSR count). The smallest absolute Gasteiger partial charge is 0.408 e. The molecule has 11 heteroatoms. The maximum atomic E-state index is 12.7. The largest absolute Gasteiger partial charge is 0.453 e. The molecule has 2 aliphatic heterocycles. The third kappa shape index (κ3) is 4.73. The fourth-order valence-electron chi connectivity index (χ4n) is 5.74. The third-order valence-electron chi connectivity index (χ3n) is 7.83. The van der Waals surface area contributed by atoms with E-state index in [1.807, 2.05) is 12.3 Å². The lowest BCUT2D eigenvalue weighted by atomic mass is 9.96. The number of hydrogen-bond acceptors (Lipinski definition) is 6. The van der Waals surface area contributed by atoms with Gasteiger partial charge in [0.05, 0.1) is 23.3 Å². The lowest BCUT2D eigenvalue weighted by molar-refractivity contribution is -0.142. The number of pyridine rings is 1. The summed E-state index contributed by atoms with van der Waals surface area (Å²) in [5.74, 6) is 1.91. The maximum absolute atomic E-state index is 12.7. The molecule has 0 aromatic carbocycles. The first-order chi connectivity index (χ1) is 18.4. The standard InChI is InChI=1S/C27H29F3N6O2/c28-27(29,30)16-35-13-18-12-34(14-23(18)32-35)20-3-4-21-22(11-20)31-8-5-24(21)38-25-15-36(19-1-2-19)33-26(25)17-6-9-37-10-7-17/h4-5,8,11,13,15,17,19-20H,1-3,6-7,9-10,12,14,16H2. The Hall–Kier alpha value is -3.18. The van der Waals surface area contributed by atoms with Gasteiger partial charge in [0.15, 0.2) is 5.75 Å². The Labute approximate surface area is 217 Å². The Kier molecular flexibility index (Phi) is 5.81. The molecule has 0 radical (unpaired) electrons. The van der Waals surface area contributed by atoms with Crippen molar-refractivity contribution < 1.29 is 22.6 Å². The van der Waals surface area contributed by atoms with Gasteiger partial charge >= 0.3 is 6.18 Å². The first-order valence-electron chi connectivity index (χ1n) is 13.3. The second kappa shape index (κ2) is 9.23. The maximum Gasteiger partial charge on any atom is 0.408 e. The second-order valence-electron chi connectivity index (χ2n) is 10.7. The minimum Gasteiger partial charge on any atom is -0.453 e. The normalized spacial score (nSPS) is 22.0. The molecule has 0 spiro atoms. The van der Waals surface area contributed by atoms with E-state index >= 15 is 0 Å². The van der Waals surface area contributed by atoms with E-state index in [2.05, 4.69) is 31.8 Å². The highest BCUT2D eigenvalue weighted by Gasteiger charge is 2.33. The molecule has 2 aliphatic carbocycles. The Morgan fingerprint density at radius 2 is 1.87 bits per heavy atom. The summed E-state index contributed by atoms with van der Waals surface area (Å²) in [6.07, 6.45) is 10.3. The topological polar surface area (TPSA) is 70.2 Å². The molecular formula is C27H29F3N6O2. The van der Waals surface area contributed by atoms with Crippen molar-refractivity contribution >= 4 is 12.2 Å². The molecule has 1 saturated heterocycles. The molecule has 2 fully saturated rings. The summed E-state index contributed by atoms with van der Waals surface area (Å²) >= 11 is 0. The number of nitrogens with zero attached hydrogens (tertiary/aromatic N) is 6. The molecular weight excluding hydrogens is 497 g/mol. The quantitative estimate of drug-likeness (QED) is 0.491. The highest BCUT2D eigenvalue weighted by atomic mass is 19.4. The van der Waals surface area contributed by atoms with Gasteiger partial charge in [0, 0.05) is 61.4 Å². The predicted molar refractivity (Wildman–Crippen MR) is 132 cm³/mol. The average molecular weight is 527 g/mol. The summed E-state index contributed by atoms with van der Waals surface area (Å²) in [6.45, 7) is 1.53. The van der Waals surface area contributed by atoms with Gasteiger partial charge in [-0.2, -0.15) is 23.4 Å². The van der Waals surface area contributed by atoms with E-state index in [9.17, 15) is 13.2 Å². The van der Waals surface area contributed by atoms with Crippen LogP contribution in [0.15, 0.2) is 24.7 Å². The molecule has 3 aromatic rings. The van der Waals surface area contributed by atoms with E-state index in [-0.39, 0.29) is 6.04 Å². The van der Waals surface area contributed by atoms with Crippen LogP contribution >= 0.6 is 0 Å². The minimum atomic E-state index is -4.27. The van der Waals surface area contributed by atoms with Crippen molar-refractivity contribution in [3.63, 3.8) is 0 Å². The Bertz CT molecular complexity index is 1450. The number of alkyl halides is 3. The zero-order chi connectivity index (χ0) is 25.9. The van der Waals surface area contributed by atoms with Crippen molar-refractivity contribution in [1.29, 1.82) is 0 Å². The SMILES string of the molecule is FC(F)(F)Cn1cc2c(n1)CN(C1C=c3nccc(Oc4cn(C5CC5)nc4C4CCOCC4)c3=CC1)C2. The van der Waals surface area contributed by atoms with Gasteiger partial charge < -0.3 is 9.47 Å². The summed E-state index contributed by atoms with van der Waals surface area (Å²) in [6, 6.07) is 2.46. The lowest BCUT2D eigenvalue weighted by Crippen LogP contribution is -2.39. The predicted octanol–water partition coefficient (Wildman–Crippen LogP) is 3.41. The van der Waals surface area contributed by atoms with Gasteiger partial charge in [0.2, 0.25) is 0 Å². The first-order valence-corrected chi connectivity index (χ1v) is 13.3. The number of rotatable bonds is 6. The molecule has 1 atom stereocenters. The van der Waals surface area contributed by atoms with Crippen LogP contribution in [-0.2, 0) is 24.4 Å². The van der Waals surface area contributed by atoms with E-state index < -0.39 is 12.7 Å². The Morgan fingerprint density at radius 1 is 1.03 bits per heavy atom. The van der Waals surface area contributed by atoms with Crippen molar-refractivity contribution in [3.8, 4) is 11.5 Å². The van der Waals surface area contributed by atoms with Gasteiger partial charge in [-0.05, 0) is 44.2 Å². The van der Waals surface area contributed by atoms with Crippen LogP contribution in [0.25, 0.3) is 12.2 Å². The van der Waals surface area contributed by atoms with Gasteiger partial charge in [-0.1, -0.05) is 6.08 Å². The Balaban J connectivity index is 1.11. The summed E-state index contributed by atoms with van der Waals surface area (Å²) in [4.78, 5) is 6.84. The van der Waals surface area contributed by atoms with Crippen LogP contribution < -0.4 is 15.3 Å². The lowest BCUT2D eigenvalue weighted by Gasteiger charge is -2.25. The van der Waals surface area contributed by atoms with Crippen LogP contribution in [0.5, 0.6) is 11.5 Å². The third-order valence-corrected chi connectivity index (χ3v) is 7.83. The fraction of sp³-hybridized carbons (Fsp3) is 0.519. The van der Waals surface area contributed by atoms with Crippen molar-refractivity contribution in [1.82, 2.24) is 29.4 Å². The van der Waals surface area contributed by atoms with E-state index in [4.69, 9.17) is 14.6 Å². The van der Waals surface area contributed by atoms with Crippen LogP contribution in [0.2, 0.25) is 0 Å². The number of hydrogen-bond donors (Lipinski definition) is 0. The molecule has 0 N–H and O–H groups in total. The van der Waals surface area contributed by atoms with E-state index in [0.717, 1.165) is 83.3 Å². The molecule has 4 aliphatic rings. The summed E-state index contributed by atoms with van der Waals surface area (Å²) in [5.41, 5.74) is 2.58. The monoisotopic (exact) mass is 526 g/mol. The second-order valence-corrected chi connectivity index (χ2v) is 10.7. The molecule has 8 nitrogen and oxygen atoms in total. The molecule has 3 aromatic heterocycles. The Morgan fingerprint density at radius 3 is 2.63 bits per heavy atom. The number of halogens is 3. The molecule has 200 valence electrons. The fourth-order valence-corrected chi connectivity index (χ4v) is 5.74. The summed E-state index contributed by atoms with van der Waals surface area (Å²) in [7, 11) is 0. The zero-order valence-electron chi connectivity index (χ0n) is 20.9. The van der Waals surface area contributed by atoms with Gasteiger partial charge in [0.1, 0.15) is 18.0 Å². The van der Waals surface area contributed by atoms with Crippen molar-refractivity contribution in [3.05, 3.63) is 52.2 Å². The average Bonchev–Trinajstić information content (AvgIpc) is 3.39. The molecule has 0 amide bonds. The number of ether oxygens (including phenoxy) is 2. The first kappa shape index (κ1) is 23.9. The van der Waals surface area contributed by atoms with Crippen LogP contribution in [0.1, 0.15) is 61.0 Å². The van der Waals surface area contributed by atoms with Crippen LogP contribution in [0, 0.1) is 0 Å². The molecule has 1 saturated carbocycles. The van der Waals surface area contributed by atoms with Gasteiger partial charge in [0.25, 0.3) is 0 Å². The molecule has 38 heavy (non-hydrogen) atoms. The number of fused-ring (bicyclic) bond motifs is 2. The van der Waals surface area contributed by atoms with Crippen molar-refractivity contribution in [2.45, 2.75) is 75.9 Å². The number of aromatic nitrogens is 5. The highest BCUT2D eigenvalue weighted by molar-refractivity contribution is 5.47. The summed E-state index contributed by atoms with van der Waals surface area (Å²) < 4.78 is 53.4. The molecule has 5 heterocycles. The van der Waals surface area contributed by atoms with Crippen molar-refractivity contribution in [2.75, 3.05) is 13.2 Å². The van der Waals surface area contributed by atoms with Crippen LogP contribution in [-0.4, -0.2) is 54.9 Å². The zero-order valence-corrected chi connectivity index (χ0v) is 20.9.